The molecule has 0 bridgehead atoms. The molecule has 0 radical (unpaired) electrons. The molecule has 0 saturated heterocycles. The summed E-state index contributed by atoms with van der Waals surface area (Å²) < 4.78 is 34.0. The number of likely N-dealkylation sites (N-methyl/N-ethyl adjacent to an activating group) is 1. The molecule has 5 rings (SSSR count). The van der Waals surface area contributed by atoms with Crippen LogP contribution >= 0.6 is 11.3 Å². The largest absolute Gasteiger partial charge is 0.492 e. The summed E-state index contributed by atoms with van der Waals surface area (Å²) in [4.78, 5) is 28.9. The van der Waals surface area contributed by atoms with Crippen LogP contribution in [0.5, 0.6) is 5.75 Å². The van der Waals surface area contributed by atoms with E-state index in [0.717, 1.165) is 30.1 Å². The number of hydrogen-bond acceptors (Lipinski definition) is 9. The minimum absolute atomic E-state index is 0.318. The van der Waals surface area contributed by atoms with Crippen LogP contribution in [-0.2, 0) is 0 Å². The average Bonchev–Trinajstić information content (AvgIpc) is 3.35. The number of rotatable bonds is 10. The van der Waals surface area contributed by atoms with Crippen molar-refractivity contribution < 1.29 is 18.3 Å². The number of nitrogen functional groups attached to an aromatic ring is 1. The van der Waals surface area contributed by atoms with E-state index in [0.29, 0.717) is 45.2 Å². The number of anilines is 4. The van der Waals surface area contributed by atoms with Gasteiger partial charge in [-0.15, -0.1) is 0 Å². The van der Waals surface area contributed by atoms with Gasteiger partial charge < -0.3 is 26.0 Å². The zero-order valence-corrected chi connectivity index (χ0v) is 23.6. The molecule has 4 N–H and O–H groups in total. The minimum atomic E-state index is -0.949. The number of carbonyl (C=O) groups excluding carboxylic acids is 1. The van der Waals surface area contributed by atoms with Gasteiger partial charge in [-0.3, -0.25) is 4.79 Å². The number of hydrogen-bond donors (Lipinski definition) is 3. The van der Waals surface area contributed by atoms with Gasteiger partial charge in [-0.1, -0.05) is 35.6 Å². The quantitative estimate of drug-likeness (QED) is 0.180. The normalized spacial score (nSPS) is 11.0. The molecule has 0 fully saturated rings. The third-order valence-electron chi connectivity index (χ3n) is 6.01. The Labute approximate surface area is 245 Å². The second kappa shape index (κ2) is 12.7. The van der Waals surface area contributed by atoms with E-state index in [1.165, 1.54) is 17.4 Å². The Morgan fingerprint density at radius 2 is 1.71 bits per heavy atom. The molecule has 9 nitrogen and oxygen atoms in total. The molecule has 5 aromatic rings. The monoisotopic (exact) mass is 587 g/mol. The second-order valence-corrected chi connectivity index (χ2v) is 10.5. The van der Waals surface area contributed by atoms with Crippen LogP contribution in [0.1, 0.15) is 10.4 Å². The molecule has 2 heterocycles. The fourth-order valence-electron chi connectivity index (χ4n) is 4.04. The van der Waals surface area contributed by atoms with E-state index in [1.54, 1.807) is 36.5 Å². The molecule has 3 aromatic carbocycles. The lowest BCUT2D eigenvalue weighted by Gasteiger charge is -2.12. The number of ether oxygens (including phenoxy) is 1. The highest BCUT2D eigenvalue weighted by Gasteiger charge is 2.19. The Balaban J connectivity index is 1.37. The third-order valence-corrected chi connectivity index (χ3v) is 6.92. The van der Waals surface area contributed by atoms with E-state index in [4.69, 9.17) is 10.5 Å². The number of halogens is 2. The summed E-state index contributed by atoms with van der Waals surface area (Å²) in [6, 6.07) is 19.3. The third kappa shape index (κ3) is 6.85. The smallest absolute Gasteiger partial charge is 0.261 e. The van der Waals surface area contributed by atoms with Crippen molar-refractivity contribution in [2.75, 3.05) is 43.6 Å². The lowest BCUT2D eigenvalue weighted by atomic mass is 10.1. The summed E-state index contributed by atoms with van der Waals surface area (Å²) in [6.07, 6.45) is 1.63. The Morgan fingerprint density at radius 1 is 0.976 bits per heavy atom. The SMILES string of the molecule is CN(C)CCOc1cccc(Nc2nccc(-c3sc(N)nc3-c3cccc(NC(=O)c4c(F)cccc4F)c3)n2)c1. The summed E-state index contributed by atoms with van der Waals surface area (Å²) in [6.45, 7) is 1.35. The van der Waals surface area contributed by atoms with Crippen LogP contribution in [0.4, 0.5) is 31.2 Å². The summed E-state index contributed by atoms with van der Waals surface area (Å²) in [7, 11) is 3.97. The van der Waals surface area contributed by atoms with Crippen molar-refractivity contribution in [1.82, 2.24) is 19.9 Å². The van der Waals surface area contributed by atoms with Gasteiger partial charge in [0.05, 0.1) is 16.3 Å². The van der Waals surface area contributed by atoms with Crippen LogP contribution in [0.2, 0.25) is 0 Å². The number of benzene rings is 3. The predicted octanol–water partition coefficient (Wildman–Crippen LogP) is 6.06. The lowest BCUT2D eigenvalue weighted by molar-refractivity contribution is 0.101. The summed E-state index contributed by atoms with van der Waals surface area (Å²) in [5.74, 6) is -1.71. The highest BCUT2D eigenvalue weighted by molar-refractivity contribution is 7.19. The first-order chi connectivity index (χ1) is 20.3. The molecule has 0 aliphatic heterocycles. The summed E-state index contributed by atoms with van der Waals surface area (Å²) in [5, 5.41) is 6.08. The van der Waals surface area contributed by atoms with Crippen LogP contribution in [0.25, 0.3) is 21.8 Å². The van der Waals surface area contributed by atoms with Gasteiger partial charge in [0.25, 0.3) is 5.91 Å². The first-order valence-corrected chi connectivity index (χ1v) is 13.7. The molecular formula is C30H27F2N7O2S. The Morgan fingerprint density at radius 3 is 2.50 bits per heavy atom. The van der Waals surface area contributed by atoms with Gasteiger partial charge in [0.15, 0.2) is 5.13 Å². The standard InChI is InChI=1S/C30H27F2N7O2S/c1-39(2)14-15-41-21-9-4-8-20(17-21)36-30-34-13-12-24(37-30)27-26(38-29(33)42-27)18-6-3-7-19(16-18)35-28(40)25-22(31)10-5-11-23(25)32/h3-13,16-17H,14-15H2,1-2H3,(H2,33,38)(H,35,40)(H,34,36,37). The number of amides is 1. The van der Waals surface area contributed by atoms with Crippen molar-refractivity contribution in [3.8, 4) is 27.6 Å². The number of carbonyl (C=O) groups is 1. The average molecular weight is 588 g/mol. The Bertz CT molecular complexity index is 1710. The Hall–Kier alpha value is -4.94. The Kier molecular flexibility index (Phi) is 8.65. The number of aromatic nitrogens is 3. The van der Waals surface area contributed by atoms with E-state index in [2.05, 4.69) is 25.6 Å². The maximum atomic E-state index is 14.1. The molecule has 0 unspecified atom stereocenters. The van der Waals surface area contributed by atoms with Crippen LogP contribution in [0, 0.1) is 11.6 Å². The van der Waals surface area contributed by atoms with Gasteiger partial charge in [-0.2, -0.15) is 0 Å². The maximum absolute atomic E-state index is 14.1. The molecule has 214 valence electrons. The number of nitrogens with zero attached hydrogens (tertiary/aromatic N) is 4. The fourth-order valence-corrected chi connectivity index (χ4v) is 4.87. The lowest BCUT2D eigenvalue weighted by Crippen LogP contribution is -2.19. The molecule has 1 amide bonds. The second-order valence-electron chi connectivity index (χ2n) is 9.43. The summed E-state index contributed by atoms with van der Waals surface area (Å²) in [5.41, 5.74) is 8.27. The van der Waals surface area contributed by atoms with Crippen molar-refractivity contribution in [2.45, 2.75) is 0 Å². The van der Waals surface area contributed by atoms with E-state index in [9.17, 15) is 13.6 Å². The molecule has 0 spiro atoms. The molecule has 0 aliphatic carbocycles. The minimum Gasteiger partial charge on any atom is -0.492 e. The summed E-state index contributed by atoms with van der Waals surface area (Å²) >= 11 is 1.25. The van der Waals surface area contributed by atoms with E-state index in [-0.39, 0.29) is 0 Å². The predicted molar refractivity (Wildman–Crippen MR) is 161 cm³/mol. The van der Waals surface area contributed by atoms with Crippen LogP contribution in [0.3, 0.4) is 0 Å². The van der Waals surface area contributed by atoms with E-state index < -0.39 is 23.1 Å². The van der Waals surface area contributed by atoms with Crippen molar-refractivity contribution >= 4 is 39.7 Å². The van der Waals surface area contributed by atoms with Gasteiger partial charge in [-0.05, 0) is 56.6 Å². The number of nitrogens with two attached hydrogens (primary N) is 1. The number of nitrogens with one attached hydrogen (secondary N) is 2. The van der Waals surface area contributed by atoms with Crippen LogP contribution in [-0.4, -0.2) is 53.0 Å². The maximum Gasteiger partial charge on any atom is 0.261 e. The van der Waals surface area contributed by atoms with Gasteiger partial charge in [-0.25, -0.2) is 23.7 Å². The topological polar surface area (TPSA) is 118 Å². The van der Waals surface area contributed by atoms with Crippen molar-refractivity contribution in [1.29, 1.82) is 0 Å². The molecule has 0 aliphatic rings. The fraction of sp³-hybridized carbons (Fsp3) is 0.133. The molecule has 0 saturated carbocycles. The van der Waals surface area contributed by atoms with Crippen LogP contribution < -0.4 is 21.1 Å². The van der Waals surface area contributed by atoms with Gasteiger partial charge in [0.1, 0.15) is 29.6 Å². The van der Waals surface area contributed by atoms with E-state index >= 15 is 0 Å². The van der Waals surface area contributed by atoms with Crippen molar-refractivity contribution in [3.63, 3.8) is 0 Å². The van der Waals surface area contributed by atoms with Gasteiger partial charge in [0, 0.05) is 35.7 Å². The van der Waals surface area contributed by atoms with Crippen molar-refractivity contribution in [3.05, 3.63) is 96.2 Å². The van der Waals surface area contributed by atoms with E-state index in [1.807, 2.05) is 43.3 Å². The molecule has 42 heavy (non-hydrogen) atoms. The molecule has 2 aromatic heterocycles. The van der Waals surface area contributed by atoms with Gasteiger partial charge >= 0.3 is 0 Å². The highest BCUT2D eigenvalue weighted by Crippen LogP contribution is 2.38. The molecule has 12 heteroatoms. The zero-order chi connectivity index (χ0) is 29.6. The van der Waals surface area contributed by atoms with Gasteiger partial charge in [0.2, 0.25) is 5.95 Å². The first kappa shape index (κ1) is 28.6. The molecule has 0 atom stereocenters. The zero-order valence-electron chi connectivity index (χ0n) is 22.8. The van der Waals surface area contributed by atoms with Crippen molar-refractivity contribution in [2.24, 2.45) is 0 Å². The first-order valence-electron chi connectivity index (χ1n) is 12.9. The molecular weight excluding hydrogens is 560 g/mol. The van der Waals surface area contributed by atoms with Crippen LogP contribution in [0.15, 0.2) is 79.0 Å². The number of thiazole rings is 1. The highest BCUT2D eigenvalue weighted by atomic mass is 32.1.